The molecule has 0 spiro atoms. The molecule has 0 unspecified atom stereocenters. The third-order valence-electron chi connectivity index (χ3n) is 8.38. The minimum atomic E-state index is 0. The first-order valence-electron chi connectivity index (χ1n) is 15.7. The third kappa shape index (κ3) is 10.4. The molecule has 0 atom stereocenters. The third-order valence-corrected chi connectivity index (χ3v) is 8.38. The van der Waals surface area contributed by atoms with Gasteiger partial charge in [-0.1, -0.05) is 108 Å². The van der Waals surface area contributed by atoms with Gasteiger partial charge in [-0.2, -0.15) is 49.2 Å². The van der Waals surface area contributed by atoms with E-state index >= 15 is 0 Å². The Labute approximate surface area is 301 Å². The van der Waals surface area contributed by atoms with Gasteiger partial charge in [-0.3, -0.25) is 0 Å². The molecule has 4 aromatic carbocycles. The number of para-hydroxylation sites is 2. The van der Waals surface area contributed by atoms with Gasteiger partial charge in [-0.05, 0) is 57.1 Å². The Bertz CT molecular complexity index is 1410. The van der Waals surface area contributed by atoms with Crippen molar-refractivity contribution in [3.8, 4) is 5.75 Å². The van der Waals surface area contributed by atoms with Crippen LogP contribution in [0.15, 0.2) is 78.9 Å². The number of methoxy groups -OCH3 is 1. The molecule has 4 rings (SSSR count). The van der Waals surface area contributed by atoms with Crippen molar-refractivity contribution < 1.29 is 37.4 Å². The summed E-state index contributed by atoms with van der Waals surface area (Å²) in [6.07, 6.45) is 2.13. The Kier molecular flexibility index (Phi) is 15.9. The summed E-state index contributed by atoms with van der Waals surface area (Å²) in [4.78, 5) is 4.12. The zero-order valence-corrected chi connectivity index (χ0v) is 33.1. The van der Waals surface area contributed by atoms with Crippen LogP contribution in [0.1, 0.15) is 86.4 Å². The van der Waals surface area contributed by atoms with Crippen molar-refractivity contribution in [1.29, 1.82) is 0 Å². The molecule has 4 heteroatoms. The van der Waals surface area contributed by atoms with Gasteiger partial charge in [0.1, 0.15) is 5.75 Å². The Hall–Kier alpha value is -2.75. The Morgan fingerprint density at radius 2 is 1.16 bits per heavy atom. The Morgan fingerprint density at radius 1 is 0.711 bits per heavy atom. The van der Waals surface area contributed by atoms with Gasteiger partial charge >= 0.3 is 32.7 Å². The van der Waals surface area contributed by atoms with E-state index in [0.29, 0.717) is 0 Å². The number of benzene rings is 3. The number of nitrogens with zero attached hydrogens (tertiary/aromatic N) is 2. The average Bonchev–Trinajstić information content (AvgIpc) is 3.40. The summed E-state index contributed by atoms with van der Waals surface area (Å²) < 4.78 is 6.00. The Balaban J connectivity index is 0.000000396. The monoisotopic (exact) mass is 682 g/mol. The smallest absolute Gasteiger partial charge is 0.496 e. The molecule has 240 valence electrons. The van der Waals surface area contributed by atoms with Gasteiger partial charge in [0.25, 0.3) is 0 Å². The molecule has 0 aromatic heterocycles. The van der Waals surface area contributed by atoms with Crippen LogP contribution in [0, 0.1) is 27.7 Å². The molecule has 0 heterocycles. The number of hydrogen-bond donors (Lipinski definition) is 0. The largest absolute Gasteiger partial charge is 3.00 e. The maximum absolute atomic E-state index is 6.00. The van der Waals surface area contributed by atoms with Gasteiger partial charge in [-0.25, -0.2) is 11.6 Å². The van der Waals surface area contributed by atoms with E-state index in [2.05, 4.69) is 115 Å². The molecule has 0 saturated carbocycles. The van der Waals surface area contributed by atoms with Crippen molar-refractivity contribution in [3.05, 3.63) is 132 Å². The van der Waals surface area contributed by atoms with E-state index in [4.69, 9.17) is 4.74 Å². The molecule has 3 nitrogen and oxygen atoms in total. The van der Waals surface area contributed by atoms with Gasteiger partial charge in [0.15, 0.2) is 0 Å². The maximum Gasteiger partial charge on any atom is 3.00 e. The minimum Gasteiger partial charge on any atom is -0.496 e. The molecular formula is C41H57N2OY. The van der Waals surface area contributed by atoms with Crippen molar-refractivity contribution >= 4 is 11.4 Å². The first-order chi connectivity index (χ1) is 20.6. The summed E-state index contributed by atoms with van der Waals surface area (Å²) in [6.45, 7) is 23.6. The fraction of sp³-hybridized carbons (Fsp3) is 0.390. The summed E-state index contributed by atoms with van der Waals surface area (Å²) in [6, 6.07) is 27.6. The van der Waals surface area contributed by atoms with E-state index in [0.717, 1.165) is 29.7 Å². The van der Waals surface area contributed by atoms with Gasteiger partial charge in [0.05, 0.1) is 7.11 Å². The molecule has 0 N–H and O–H groups in total. The summed E-state index contributed by atoms with van der Waals surface area (Å²) in [7, 11) is 9.89. The average molecular weight is 683 g/mol. The maximum atomic E-state index is 6.00. The van der Waals surface area contributed by atoms with E-state index < -0.39 is 0 Å². The van der Waals surface area contributed by atoms with E-state index in [-0.39, 0.29) is 43.5 Å². The fourth-order valence-corrected chi connectivity index (χ4v) is 5.85. The summed E-state index contributed by atoms with van der Waals surface area (Å²) in [5, 5.41) is 0. The zero-order valence-electron chi connectivity index (χ0n) is 30.2. The molecule has 4 aromatic rings. The van der Waals surface area contributed by atoms with Crippen LogP contribution < -0.4 is 14.5 Å². The molecule has 0 aliphatic heterocycles. The number of rotatable bonds is 7. The Morgan fingerprint density at radius 3 is 1.47 bits per heavy atom. The van der Waals surface area contributed by atoms with Gasteiger partial charge in [0, 0.05) is 0 Å². The molecule has 0 aliphatic carbocycles. The zero-order chi connectivity index (χ0) is 33.2. The second kappa shape index (κ2) is 17.8. The predicted octanol–water partition coefficient (Wildman–Crippen LogP) is 10.3. The van der Waals surface area contributed by atoms with Gasteiger partial charge in [-0.15, -0.1) is 17.7 Å². The topological polar surface area (TPSA) is 15.7 Å². The molecule has 0 bridgehead atoms. The molecular weight excluding hydrogens is 625 g/mol. The van der Waals surface area contributed by atoms with Crippen LogP contribution in [0.2, 0.25) is 0 Å². The van der Waals surface area contributed by atoms with E-state index in [1.165, 1.54) is 39.2 Å². The van der Waals surface area contributed by atoms with Crippen LogP contribution in [0.3, 0.4) is 0 Å². The standard InChI is InChI=1S/C23H33O.2C9H12N.Y/c1-9-23(10-2,18-12-11-16(3)13-18)20-15-17(4)14-19(21(20)24-8)22(5,6)7;2*1-8-6-4-5-7-9(8)10(2)3;/h11-15H,9-10H2,1-8H3;2*4-7H,1H2,2-3H3;/q3*-1;+3. The van der Waals surface area contributed by atoms with Crippen molar-refractivity contribution in [2.24, 2.45) is 0 Å². The van der Waals surface area contributed by atoms with E-state index in [9.17, 15) is 0 Å². The number of anilines is 2. The quantitative estimate of drug-likeness (QED) is 0.181. The molecule has 0 radical (unpaired) electrons. The minimum absolute atomic E-state index is 0. The van der Waals surface area contributed by atoms with E-state index in [1.54, 1.807) is 0 Å². The number of hydrogen-bond acceptors (Lipinski definition) is 3. The second-order valence-corrected chi connectivity index (χ2v) is 13.2. The van der Waals surface area contributed by atoms with Crippen LogP contribution >= 0.6 is 0 Å². The molecule has 45 heavy (non-hydrogen) atoms. The molecule has 0 saturated heterocycles. The first kappa shape index (κ1) is 40.3. The molecule has 0 fully saturated rings. The van der Waals surface area contributed by atoms with E-state index in [1.807, 2.05) is 71.7 Å². The first-order valence-corrected chi connectivity index (χ1v) is 15.7. The van der Waals surface area contributed by atoms with Crippen molar-refractivity contribution in [2.45, 2.75) is 72.1 Å². The fourth-order valence-electron chi connectivity index (χ4n) is 5.85. The van der Waals surface area contributed by atoms with Crippen molar-refractivity contribution in [1.82, 2.24) is 0 Å². The normalized spacial score (nSPS) is 10.8. The van der Waals surface area contributed by atoms with Crippen molar-refractivity contribution in [3.63, 3.8) is 0 Å². The van der Waals surface area contributed by atoms with Crippen LogP contribution in [0.25, 0.3) is 0 Å². The SMILES string of the molecule is CCC(CC)(c1cc(C)cc(C(C)(C)C)c1OC)[c-]1ccc(C)c1.[CH2-]c1ccccc1N(C)C.[CH2-]c1ccccc1N(C)C.[Y+3]. The van der Waals surface area contributed by atoms with Gasteiger partial charge in [0.2, 0.25) is 0 Å². The van der Waals surface area contributed by atoms with Crippen LogP contribution in [-0.4, -0.2) is 35.3 Å². The van der Waals surface area contributed by atoms with Crippen molar-refractivity contribution in [2.75, 3.05) is 45.1 Å². The molecule has 0 aliphatic rings. The predicted molar refractivity (Wildman–Crippen MR) is 195 cm³/mol. The summed E-state index contributed by atoms with van der Waals surface area (Å²) >= 11 is 0. The summed E-state index contributed by atoms with van der Waals surface area (Å²) in [5.41, 5.74) is 11.3. The van der Waals surface area contributed by atoms with Crippen LogP contribution in [-0.2, 0) is 43.5 Å². The second-order valence-electron chi connectivity index (χ2n) is 13.2. The molecule has 0 amide bonds. The number of aryl methyl sites for hydroxylation is 2. The van der Waals surface area contributed by atoms with Crippen LogP contribution in [0.4, 0.5) is 11.4 Å². The van der Waals surface area contributed by atoms with Crippen LogP contribution in [0.5, 0.6) is 5.75 Å². The van der Waals surface area contributed by atoms with Gasteiger partial charge < -0.3 is 14.5 Å². The number of ether oxygens (including phenoxy) is 1. The summed E-state index contributed by atoms with van der Waals surface area (Å²) in [5.74, 6) is 1.07.